The van der Waals surface area contributed by atoms with Crippen LogP contribution in [-0.4, -0.2) is 19.5 Å². The van der Waals surface area contributed by atoms with Crippen molar-refractivity contribution in [2.75, 3.05) is 0 Å². The van der Waals surface area contributed by atoms with Crippen molar-refractivity contribution in [3.8, 4) is 73.2 Å². The fraction of sp³-hybridized carbons (Fsp3) is 0. The van der Waals surface area contributed by atoms with Crippen molar-refractivity contribution in [1.29, 1.82) is 0 Å². The molecule has 3 heterocycles. The van der Waals surface area contributed by atoms with E-state index in [2.05, 4.69) is 70.2 Å². The molecule has 11 aromatic carbocycles. The molecule has 0 unspecified atom stereocenters. The molecule has 0 saturated heterocycles. The molecule has 316 valence electrons. The summed E-state index contributed by atoms with van der Waals surface area (Å²) in [5.74, 6) is -1.24. The monoisotopic (exact) mass is 900 g/mol. The first-order chi connectivity index (χ1) is 41.2. The summed E-state index contributed by atoms with van der Waals surface area (Å²) in [5, 5.41) is 7.73. The fourth-order valence-corrected chi connectivity index (χ4v) is 10.6. The lowest BCUT2D eigenvalue weighted by Crippen LogP contribution is -2.00. The Hall–Kier alpha value is -8.77. The van der Waals surface area contributed by atoms with Gasteiger partial charge < -0.3 is 4.57 Å². The Morgan fingerprint density at radius 1 is 0.353 bits per heavy atom. The maximum atomic E-state index is 9.55. The summed E-state index contributed by atoms with van der Waals surface area (Å²) in [4.78, 5) is 14.6. The second kappa shape index (κ2) is 15.4. The van der Waals surface area contributed by atoms with E-state index >= 15 is 0 Å². The van der Waals surface area contributed by atoms with Crippen LogP contribution in [0.2, 0.25) is 0 Å². The van der Waals surface area contributed by atoms with Gasteiger partial charge >= 0.3 is 0 Å². The second-order valence-corrected chi connectivity index (χ2v) is 17.2. The Balaban J connectivity index is 1.09. The van der Waals surface area contributed by atoms with Crippen molar-refractivity contribution >= 4 is 74.9 Å². The molecule has 0 saturated carbocycles. The van der Waals surface area contributed by atoms with E-state index in [1.807, 2.05) is 60.7 Å². The molecule has 4 nitrogen and oxygen atoms in total. The zero-order chi connectivity index (χ0) is 60.4. The Labute approximate surface area is 421 Å². The Morgan fingerprint density at radius 2 is 0.882 bits per heavy atom. The molecule has 0 amide bonds. The van der Waals surface area contributed by atoms with Crippen LogP contribution < -0.4 is 0 Å². The quantitative estimate of drug-likeness (QED) is 0.150. The Kier molecular flexibility index (Phi) is 5.59. The molecule has 0 aliphatic carbocycles. The fourth-order valence-electron chi connectivity index (χ4n) is 9.40. The van der Waals surface area contributed by atoms with Gasteiger partial charge in [-0.1, -0.05) is 188 Å². The highest BCUT2D eigenvalue weighted by Gasteiger charge is 2.24. The summed E-state index contributed by atoms with van der Waals surface area (Å²) in [7, 11) is 0. The van der Waals surface area contributed by atoms with Crippen LogP contribution in [0.25, 0.3) is 137 Å². The highest BCUT2D eigenvalue weighted by atomic mass is 32.1. The standard InChI is InChI=1S/C63H38N4S/c1-4-15-39(16-5-1)41-27-31-43(32-28-41)61-64-62(44-33-29-42(30-34-44)40-17-6-2-7-18-40)66-63(65-61)53-38-45(37-52-49-22-12-13-26-56(49)68-60(52)53)47-35-36-55-59-57(47)50-23-11-10-21-48(50)51-24-14-25-54(58(51)59)67(55)46-19-8-3-9-20-46/h1-38H/i1D,2D,4D,5D,6D,7D,15D,16D,17D,18D,27D,28D,29D,30D,31D,32D,33D,34D. The van der Waals surface area contributed by atoms with Gasteiger partial charge in [0.05, 0.1) is 35.7 Å². The first-order valence-electron chi connectivity index (χ1n) is 30.5. The zero-order valence-electron chi connectivity index (χ0n) is 53.2. The maximum Gasteiger partial charge on any atom is 0.165 e. The largest absolute Gasteiger partial charge is 0.309 e. The normalized spacial score (nSPS) is 15.5. The Morgan fingerprint density at radius 3 is 1.56 bits per heavy atom. The molecule has 0 N–H and O–H groups in total. The number of rotatable bonds is 7. The molecule has 0 aliphatic heterocycles. The van der Waals surface area contributed by atoms with E-state index in [1.165, 1.54) is 11.3 Å². The van der Waals surface area contributed by atoms with Crippen LogP contribution in [0.4, 0.5) is 0 Å². The van der Waals surface area contributed by atoms with Gasteiger partial charge in [0.25, 0.3) is 0 Å². The summed E-state index contributed by atoms with van der Waals surface area (Å²) in [6.45, 7) is 0. The van der Waals surface area contributed by atoms with Crippen LogP contribution in [-0.2, 0) is 0 Å². The van der Waals surface area contributed by atoms with Crippen molar-refractivity contribution < 1.29 is 24.7 Å². The van der Waals surface area contributed by atoms with Crippen molar-refractivity contribution in [3.63, 3.8) is 0 Å². The van der Waals surface area contributed by atoms with Crippen LogP contribution in [0, 0.1) is 0 Å². The second-order valence-electron chi connectivity index (χ2n) is 16.1. The first-order valence-corrected chi connectivity index (χ1v) is 22.4. The number of nitrogens with zero attached hydrogens (tertiary/aromatic N) is 4. The number of hydrogen-bond donors (Lipinski definition) is 0. The van der Waals surface area contributed by atoms with Crippen LogP contribution in [0.1, 0.15) is 24.7 Å². The van der Waals surface area contributed by atoms with Gasteiger partial charge in [-0.15, -0.1) is 11.3 Å². The molecule has 0 fully saturated rings. The molecule has 5 heteroatoms. The van der Waals surface area contributed by atoms with Crippen LogP contribution >= 0.6 is 11.3 Å². The number of hydrogen-bond acceptors (Lipinski definition) is 4. The molecule has 0 aliphatic rings. The minimum absolute atomic E-state index is 0.167. The van der Waals surface area contributed by atoms with Crippen LogP contribution in [0.15, 0.2) is 230 Å². The number of aromatic nitrogens is 4. The lowest BCUT2D eigenvalue weighted by molar-refractivity contribution is 1.08. The third-order valence-electron chi connectivity index (χ3n) is 12.3. The predicted octanol–water partition coefficient (Wildman–Crippen LogP) is 17.1. The van der Waals surface area contributed by atoms with E-state index in [9.17, 15) is 11.0 Å². The molecule has 14 rings (SSSR count). The van der Waals surface area contributed by atoms with Gasteiger partial charge in [0, 0.05) is 58.7 Å². The third-order valence-corrected chi connectivity index (χ3v) is 13.5. The summed E-state index contributed by atoms with van der Waals surface area (Å²) in [6, 6.07) is 26.5. The average molecular weight is 901 g/mol. The molecule has 0 spiro atoms. The minimum Gasteiger partial charge on any atom is -0.309 e. The van der Waals surface area contributed by atoms with Crippen molar-refractivity contribution in [2.45, 2.75) is 0 Å². The van der Waals surface area contributed by atoms with Crippen molar-refractivity contribution in [3.05, 3.63) is 230 Å². The van der Waals surface area contributed by atoms with Gasteiger partial charge in [0.15, 0.2) is 17.5 Å². The predicted molar refractivity (Wildman–Crippen MR) is 286 cm³/mol. The van der Waals surface area contributed by atoms with E-state index in [4.69, 9.17) is 23.7 Å². The molecular formula is C63H38N4S. The number of benzene rings is 11. The smallest absolute Gasteiger partial charge is 0.165 e. The zero-order valence-corrected chi connectivity index (χ0v) is 36.1. The van der Waals surface area contributed by atoms with E-state index in [0.717, 1.165) is 70.1 Å². The highest BCUT2D eigenvalue weighted by molar-refractivity contribution is 7.26. The summed E-state index contributed by atoms with van der Waals surface area (Å²) in [5.41, 5.74) is 1.37. The van der Waals surface area contributed by atoms with E-state index in [0.29, 0.717) is 15.8 Å². The summed E-state index contributed by atoms with van der Waals surface area (Å²) < 4.78 is 164. The van der Waals surface area contributed by atoms with Gasteiger partial charge in [-0.3, -0.25) is 0 Å². The van der Waals surface area contributed by atoms with Gasteiger partial charge in [-0.2, -0.15) is 0 Å². The average Bonchev–Trinajstić information content (AvgIpc) is 1.78. The topological polar surface area (TPSA) is 43.6 Å². The molecule has 0 bridgehead atoms. The van der Waals surface area contributed by atoms with Gasteiger partial charge in [-0.25, -0.2) is 15.0 Å². The van der Waals surface area contributed by atoms with Crippen molar-refractivity contribution in [1.82, 2.24) is 19.5 Å². The number of thiophene rings is 1. The number of para-hydroxylation sites is 1. The van der Waals surface area contributed by atoms with E-state index in [1.54, 1.807) is 0 Å². The molecule has 0 atom stereocenters. The van der Waals surface area contributed by atoms with E-state index in [-0.39, 0.29) is 5.82 Å². The highest BCUT2D eigenvalue weighted by Crippen LogP contribution is 2.49. The lowest BCUT2D eigenvalue weighted by atomic mass is 9.88. The van der Waals surface area contributed by atoms with E-state index < -0.39 is 154 Å². The maximum absolute atomic E-state index is 9.55. The van der Waals surface area contributed by atoms with Gasteiger partial charge in [-0.05, 0) is 92.0 Å². The van der Waals surface area contributed by atoms with Crippen LogP contribution in [0.5, 0.6) is 0 Å². The summed E-state index contributed by atoms with van der Waals surface area (Å²) >= 11 is 1.41. The Bertz CT molecular complexity index is 5080. The molecule has 14 aromatic rings. The van der Waals surface area contributed by atoms with Crippen LogP contribution in [0.3, 0.4) is 0 Å². The third kappa shape index (κ3) is 6.10. The molecule has 0 radical (unpaired) electrons. The molecular weight excluding hydrogens is 845 g/mol. The minimum atomic E-state index is -0.814. The van der Waals surface area contributed by atoms with Gasteiger partial charge in [0.1, 0.15) is 0 Å². The number of fused-ring (bicyclic) bond motifs is 6. The molecule has 3 aromatic heterocycles. The SMILES string of the molecule is [2H]c1c([2H])c([2H])c(-c2c([2H])c([2H])c(-c3nc(-c4c([2H])c([2H])c(-c5c([2H])c([2H])c([2H])c([2H])c5[2H])c([2H])c4[2H])nc(-c4cc(-c5ccc6c7c5c5ccccc5c5cccc(c57)n6-c5ccccc5)cc5c4sc4ccccc45)n3)c([2H])c2[2H])c([2H])c1[2H]. The first kappa shape index (κ1) is 24.7. The summed E-state index contributed by atoms with van der Waals surface area (Å²) in [6.07, 6.45) is 0. The lowest BCUT2D eigenvalue weighted by Gasteiger charge is -2.15. The molecule has 68 heavy (non-hydrogen) atoms. The van der Waals surface area contributed by atoms with Crippen molar-refractivity contribution in [2.24, 2.45) is 0 Å². The van der Waals surface area contributed by atoms with Gasteiger partial charge in [0.2, 0.25) is 0 Å².